The van der Waals surface area contributed by atoms with Gasteiger partial charge in [-0.3, -0.25) is 0 Å². The Morgan fingerprint density at radius 2 is 1.04 bits per heavy atom. The number of rotatable bonds is 8. The molecule has 0 fully saturated rings. The predicted molar refractivity (Wildman–Crippen MR) is 224 cm³/mol. The van der Waals surface area contributed by atoms with Gasteiger partial charge < -0.3 is 29.6 Å². The van der Waals surface area contributed by atoms with E-state index in [1.165, 1.54) is 33.0 Å². The molecule has 2 atom stereocenters. The number of fused-ring (bicyclic) bond motifs is 6. The molecule has 11 heteroatoms. The Morgan fingerprint density at radius 3 is 1.43 bits per heavy atom. The van der Waals surface area contributed by atoms with Crippen LogP contribution in [-0.4, -0.2) is 90.0 Å². The normalized spacial score (nSPS) is 17.2. The first-order valence-electron chi connectivity index (χ1n) is 18.5. The number of amides is 2. The first-order chi connectivity index (χ1) is 26.0. The SMILES string of the molecule is CN(C)CCc1ccc2[nH]c3c(c2c1)CCN(C(=O)N1CCc2c([nH]c4ccc(CCN(C)C)cc24)C1c1ccc(Cl)c(Cl)c1)C3c1ccc(Cl)c(Cl)c1. The van der Waals surface area contributed by atoms with Gasteiger partial charge in [0.2, 0.25) is 0 Å². The van der Waals surface area contributed by atoms with E-state index in [0.29, 0.717) is 46.0 Å². The van der Waals surface area contributed by atoms with Gasteiger partial charge >= 0.3 is 6.03 Å². The van der Waals surface area contributed by atoms with E-state index in [0.717, 1.165) is 59.5 Å². The van der Waals surface area contributed by atoms with Gasteiger partial charge in [0.05, 0.1) is 32.2 Å². The van der Waals surface area contributed by atoms with Crippen LogP contribution < -0.4 is 0 Å². The lowest BCUT2D eigenvalue weighted by molar-refractivity contribution is 0.122. The summed E-state index contributed by atoms with van der Waals surface area (Å²) in [5, 5.41) is 4.27. The summed E-state index contributed by atoms with van der Waals surface area (Å²) in [6.45, 7) is 3.01. The highest BCUT2D eigenvalue weighted by Crippen LogP contribution is 2.45. The van der Waals surface area contributed by atoms with Crippen molar-refractivity contribution in [2.75, 3.05) is 54.4 Å². The Bertz CT molecular complexity index is 2220. The van der Waals surface area contributed by atoms with Crippen LogP contribution in [-0.2, 0) is 25.7 Å². The second-order valence-electron chi connectivity index (χ2n) is 15.2. The average Bonchev–Trinajstić information content (AvgIpc) is 3.72. The van der Waals surface area contributed by atoms with Gasteiger partial charge in [-0.1, -0.05) is 70.7 Å². The number of aromatic nitrogens is 2. The molecule has 4 heterocycles. The maximum absolute atomic E-state index is 15.4. The predicted octanol–water partition coefficient (Wildman–Crippen LogP) is 10.2. The lowest BCUT2D eigenvalue weighted by Crippen LogP contribution is -2.51. The topological polar surface area (TPSA) is 61.6 Å². The standard InChI is InChI=1S/C43H44Cl4N6O/c1-50(2)17-13-25-5-11-37-31(21-25)29-15-19-52(41(39(29)48-37)27-7-9-33(44)35(46)23-27)43(54)53-20-16-30-32-22-26(14-18-51(3)4)6-12-38(32)49-40(30)42(53)28-8-10-34(45)36(47)24-28/h5-12,21-24,41-42,48-49H,13-20H2,1-4H3. The van der Waals surface area contributed by atoms with Crippen molar-refractivity contribution in [3.05, 3.63) is 138 Å². The number of H-pyrrole nitrogens is 2. The molecule has 0 bridgehead atoms. The van der Waals surface area contributed by atoms with Gasteiger partial charge in [0.1, 0.15) is 0 Å². The molecule has 2 unspecified atom stereocenters. The third kappa shape index (κ3) is 7.00. The smallest absolute Gasteiger partial charge is 0.321 e. The number of likely N-dealkylation sites (N-methyl/N-ethyl adjacent to an activating group) is 2. The first-order valence-corrected chi connectivity index (χ1v) is 20.0. The molecule has 2 aromatic heterocycles. The van der Waals surface area contributed by atoms with Gasteiger partial charge in [-0.15, -0.1) is 0 Å². The molecule has 0 aliphatic carbocycles. The molecular formula is C43H44Cl4N6O. The fourth-order valence-electron chi connectivity index (χ4n) is 8.32. The fraction of sp³-hybridized carbons (Fsp3) is 0.326. The Labute approximate surface area is 336 Å². The highest BCUT2D eigenvalue weighted by molar-refractivity contribution is 6.42. The van der Waals surface area contributed by atoms with Crippen LogP contribution in [0.4, 0.5) is 4.79 Å². The van der Waals surface area contributed by atoms with Crippen molar-refractivity contribution in [1.82, 2.24) is 29.6 Å². The third-order valence-corrected chi connectivity index (χ3v) is 12.6. The van der Waals surface area contributed by atoms with E-state index in [2.05, 4.69) is 84.4 Å². The highest BCUT2D eigenvalue weighted by atomic mass is 35.5. The van der Waals surface area contributed by atoms with Crippen LogP contribution >= 0.6 is 46.4 Å². The van der Waals surface area contributed by atoms with Crippen LogP contribution in [0.5, 0.6) is 0 Å². The average molecular weight is 803 g/mol. The molecule has 0 radical (unpaired) electrons. The summed E-state index contributed by atoms with van der Waals surface area (Å²) in [6.07, 6.45) is 3.35. The molecule has 2 aliphatic heterocycles. The summed E-state index contributed by atoms with van der Waals surface area (Å²) < 4.78 is 0. The summed E-state index contributed by atoms with van der Waals surface area (Å²) in [5.41, 5.74) is 11.0. The second-order valence-corrected chi connectivity index (χ2v) is 16.9. The zero-order valence-electron chi connectivity index (χ0n) is 30.9. The minimum atomic E-state index is -0.411. The number of halogens is 4. The van der Waals surface area contributed by atoms with Crippen molar-refractivity contribution < 1.29 is 4.79 Å². The van der Waals surface area contributed by atoms with Crippen LogP contribution in [0.1, 0.15) is 56.9 Å². The number of urea groups is 1. The van der Waals surface area contributed by atoms with Crippen LogP contribution in [0, 0.1) is 0 Å². The van der Waals surface area contributed by atoms with E-state index in [1.807, 2.05) is 46.2 Å². The lowest BCUT2D eigenvalue weighted by Gasteiger charge is -2.43. The van der Waals surface area contributed by atoms with Crippen molar-refractivity contribution in [3.63, 3.8) is 0 Å². The molecule has 0 saturated heterocycles. The van der Waals surface area contributed by atoms with Gasteiger partial charge in [-0.25, -0.2) is 4.79 Å². The maximum atomic E-state index is 15.4. The fourth-order valence-corrected chi connectivity index (χ4v) is 8.94. The zero-order valence-corrected chi connectivity index (χ0v) is 34.0. The molecule has 4 aromatic carbocycles. The number of benzene rings is 4. The van der Waals surface area contributed by atoms with Crippen LogP contribution in [0.15, 0.2) is 72.8 Å². The molecule has 7 nitrogen and oxygen atoms in total. The maximum Gasteiger partial charge on any atom is 0.321 e. The molecule has 6 aromatic rings. The number of carbonyl (C=O) groups is 1. The number of aromatic amines is 2. The highest BCUT2D eigenvalue weighted by Gasteiger charge is 2.42. The van der Waals surface area contributed by atoms with E-state index in [-0.39, 0.29) is 6.03 Å². The third-order valence-electron chi connectivity index (χ3n) is 11.1. The summed E-state index contributed by atoms with van der Waals surface area (Å²) in [4.78, 5) is 31.3. The van der Waals surface area contributed by atoms with Crippen molar-refractivity contribution in [3.8, 4) is 0 Å². The molecule has 280 valence electrons. The quantitative estimate of drug-likeness (QED) is 0.161. The summed E-state index contributed by atoms with van der Waals surface area (Å²) in [6, 6.07) is 23.9. The molecule has 54 heavy (non-hydrogen) atoms. The minimum absolute atomic E-state index is 0.0610. The van der Waals surface area contributed by atoms with Crippen LogP contribution in [0.25, 0.3) is 21.8 Å². The Balaban J connectivity index is 1.22. The Hall–Kier alpha value is -3.69. The zero-order chi connectivity index (χ0) is 37.8. The minimum Gasteiger partial charge on any atom is -0.356 e. The molecule has 2 N–H and O–H groups in total. The number of nitrogens with zero attached hydrogens (tertiary/aromatic N) is 4. The van der Waals surface area contributed by atoms with E-state index >= 15 is 4.79 Å². The number of nitrogens with one attached hydrogen (secondary N) is 2. The van der Waals surface area contributed by atoms with Crippen molar-refractivity contribution in [2.24, 2.45) is 0 Å². The van der Waals surface area contributed by atoms with Gasteiger partial charge in [0, 0.05) is 59.4 Å². The molecule has 2 aliphatic rings. The van der Waals surface area contributed by atoms with Crippen LogP contribution in [0.2, 0.25) is 20.1 Å². The van der Waals surface area contributed by atoms with Crippen molar-refractivity contribution in [2.45, 2.75) is 37.8 Å². The van der Waals surface area contributed by atoms with Crippen molar-refractivity contribution in [1.29, 1.82) is 0 Å². The summed E-state index contributed by atoms with van der Waals surface area (Å²) in [7, 11) is 8.39. The molecule has 0 spiro atoms. The molecular weight excluding hydrogens is 758 g/mol. The van der Waals surface area contributed by atoms with Gasteiger partial charge in [0.25, 0.3) is 0 Å². The van der Waals surface area contributed by atoms with E-state index in [1.54, 1.807) is 0 Å². The molecule has 0 saturated carbocycles. The monoisotopic (exact) mass is 800 g/mol. The second kappa shape index (κ2) is 15.1. The van der Waals surface area contributed by atoms with Gasteiger partial charge in [-0.2, -0.15) is 0 Å². The van der Waals surface area contributed by atoms with Gasteiger partial charge in [-0.05, 0) is 136 Å². The first kappa shape index (κ1) is 37.2. The largest absolute Gasteiger partial charge is 0.356 e. The van der Waals surface area contributed by atoms with E-state index < -0.39 is 12.1 Å². The molecule has 2 amide bonds. The van der Waals surface area contributed by atoms with E-state index in [9.17, 15) is 0 Å². The summed E-state index contributed by atoms with van der Waals surface area (Å²) >= 11 is 26.3. The van der Waals surface area contributed by atoms with E-state index in [4.69, 9.17) is 46.4 Å². The number of carbonyl (C=O) groups excluding carboxylic acids is 1. The Kier molecular flexibility index (Phi) is 10.4. The Morgan fingerprint density at radius 1 is 0.611 bits per heavy atom. The lowest BCUT2D eigenvalue weighted by atomic mass is 9.90. The number of hydrogen-bond donors (Lipinski definition) is 2. The number of hydrogen-bond acceptors (Lipinski definition) is 3. The van der Waals surface area contributed by atoms with Crippen molar-refractivity contribution >= 4 is 74.2 Å². The summed E-state index contributed by atoms with van der Waals surface area (Å²) in [5.74, 6) is 0. The van der Waals surface area contributed by atoms with Gasteiger partial charge in [0.15, 0.2) is 0 Å². The van der Waals surface area contributed by atoms with Crippen LogP contribution in [0.3, 0.4) is 0 Å². The molecule has 8 rings (SSSR count).